The van der Waals surface area contributed by atoms with Gasteiger partial charge < -0.3 is 14.8 Å². The smallest absolute Gasteiger partial charge is 0.387 e. The molecule has 164 valence electrons. The quantitative estimate of drug-likeness (QED) is 0.522. The predicted molar refractivity (Wildman–Crippen MR) is 109 cm³/mol. The average molecular weight is 443 g/mol. The standard InChI is InChI=1S/C20H25ClF2N4O3/c1-4-27-18(16(21)17(26-27)19(28)29-5-2)13-10-24-15(9-14(13)30-20(22)23)25-11(3)8-12-6-7-12/h9-12,20H,4-8H2,1-3H3,(H,24,25). The molecule has 2 aromatic heterocycles. The van der Waals surface area contributed by atoms with Gasteiger partial charge >= 0.3 is 12.6 Å². The van der Waals surface area contributed by atoms with Gasteiger partial charge in [-0.25, -0.2) is 9.78 Å². The second kappa shape index (κ2) is 9.59. The fourth-order valence-electron chi connectivity index (χ4n) is 3.31. The van der Waals surface area contributed by atoms with E-state index in [-0.39, 0.29) is 40.4 Å². The van der Waals surface area contributed by atoms with Crippen molar-refractivity contribution in [3.63, 3.8) is 0 Å². The Bertz CT molecular complexity index is 902. The van der Waals surface area contributed by atoms with Gasteiger partial charge in [-0.3, -0.25) is 4.68 Å². The van der Waals surface area contributed by atoms with Crippen molar-refractivity contribution in [3.8, 4) is 17.0 Å². The molecular weight excluding hydrogens is 418 g/mol. The Morgan fingerprint density at radius 3 is 2.73 bits per heavy atom. The number of rotatable bonds is 10. The van der Waals surface area contributed by atoms with Gasteiger partial charge in [-0.1, -0.05) is 24.4 Å². The van der Waals surface area contributed by atoms with Crippen molar-refractivity contribution >= 4 is 23.4 Å². The maximum absolute atomic E-state index is 13.1. The lowest BCUT2D eigenvalue weighted by molar-refractivity contribution is -0.0494. The highest BCUT2D eigenvalue weighted by atomic mass is 35.5. The number of alkyl halides is 2. The van der Waals surface area contributed by atoms with E-state index in [0.717, 1.165) is 6.42 Å². The molecule has 0 spiro atoms. The van der Waals surface area contributed by atoms with E-state index >= 15 is 0 Å². The summed E-state index contributed by atoms with van der Waals surface area (Å²) in [5, 5.41) is 7.40. The lowest BCUT2D eigenvalue weighted by atomic mass is 10.1. The lowest BCUT2D eigenvalue weighted by Gasteiger charge is -2.17. The number of anilines is 1. The van der Waals surface area contributed by atoms with Crippen LogP contribution >= 0.6 is 11.6 Å². The van der Waals surface area contributed by atoms with Crippen LogP contribution in [0.5, 0.6) is 5.75 Å². The van der Waals surface area contributed by atoms with Gasteiger partial charge in [0.25, 0.3) is 0 Å². The molecule has 1 aliphatic rings. The van der Waals surface area contributed by atoms with Gasteiger partial charge in [-0.2, -0.15) is 13.9 Å². The van der Waals surface area contributed by atoms with E-state index in [1.807, 2.05) is 6.92 Å². The van der Waals surface area contributed by atoms with Crippen molar-refractivity contribution in [2.45, 2.75) is 59.2 Å². The number of aromatic nitrogens is 3. The minimum Gasteiger partial charge on any atom is -0.461 e. The first-order chi connectivity index (χ1) is 14.3. The number of carbonyl (C=O) groups is 1. The molecule has 0 bridgehead atoms. The lowest BCUT2D eigenvalue weighted by Crippen LogP contribution is -2.17. The van der Waals surface area contributed by atoms with Crippen LogP contribution in [0.3, 0.4) is 0 Å². The summed E-state index contributed by atoms with van der Waals surface area (Å²) in [6, 6.07) is 1.56. The molecule has 0 saturated heterocycles. The second-order valence-corrected chi connectivity index (χ2v) is 7.59. The van der Waals surface area contributed by atoms with E-state index in [9.17, 15) is 13.6 Å². The van der Waals surface area contributed by atoms with E-state index in [2.05, 4.69) is 15.4 Å². The van der Waals surface area contributed by atoms with Gasteiger partial charge in [-0.15, -0.1) is 0 Å². The van der Waals surface area contributed by atoms with Crippen molar-refractivity contribution < 1.29 is 23.0 Å². The number of carbonyl (C=O) groups excluding carboxylic acids is 1. The molecule has 0 aliphatic heterocycles. The largest absolute Gasteiger partial charge is 0.461 e. The van der Waals surface area contributed by atoms with Crippen molar-refractivity contribution in [2.24, 2.45) is 5.92 Å². The Morgan fingerprint density at radius 2 is 2.13 bits per heavy atom. The molecule has 3 rings (SSSR count). The number of hydrogen-bond acceptors (Lipinski definition) is 6. The molecule has 1 unspecified atom stereocenters. The zero-order chi connectivity index (χ0) is 21.8. The molecule has 1 saturated carbocycles. The van der Waals surface area contributed by atoms with Crippen LogP contribution in [0.4, 0.5) is 14.6 Å². The highest BCUT2D eigenvalue weighted by molar-refractivity contribution is 6.36. The van der Waals surface area contributed by atoms with Gasteiger partial charge in [0.1, 0.15) is 16.6 Å². The molecule has 1 atom stereocenters. The van der Waals surface area contributed by atoms with E-state index < -0.39 is 12.6 Å². The number of halogens is 3. The van der Waals surface area contributed by atoms with Crippen LogP contribution in [0.2, 0.25) is 5.02 Å². The van der Waals surface area contributed by atoms with Gasteiger partial charge in [0, 0.05) is 24.8 Å². The monoisotopic (exact) mass is 442 g/mol. The van der Waals surface area contributed by atoms with E-state index in [0.29, 0.717) is 18.3 Å². The van der Waals surface area contributed by atoms with Crippen molar-refractivity contribution in [2.75, 3.05) is 11.9 Å². The molecule has 10 heteroatoms. The molecule has 1 fully saturated rings. The molecule has 7 nitrogen and oxygen atoms in total. The number of pyridine rings is 1. The van der Waals surface area contributed by atoms with E-state index in [1.54, 1.807) is 13.8 Å². The summed E-state index contributed by atoms with van der Waals surface area (Å²) in [6.45, 7) is 2.95. The summed E-state index contributed by atoms with van der Waals surface area (Å²) in [5.74, 6) is 0.342. The second-order valence-electron chi connectivity index (χ2n) is 7.22. The number of hydrogen-bond donors (Lipinski definition) is 1. The van der Waals surface area contributed by atoms with Crippen LogP contribution in [0.25, 0.3) is 11.3 Å². The third kappa shape index (κ3) is 5.19. The van der Waals surface area contributed by atoms with Gasteiger partial charge in [0.2, 0.25) is 0 Å². The van der Waals surface area contributed by atoms with Crippen LogP contribution < -0.4 is 10.1 Å². The Kier molecular flexibility index (Phi) is 7.12. The molecule has 0 radical (unpaired) electrons. The van der Waals surface area contributed by atoms with Gasteiger partial charge in [0.15, 0.2) is 5.69 Å². The van der Waals surface area contributed by atoms with Crippen LogP contribution in [0.15, 0.2) is 12.3 Å². The highest BCUT2D eigenvalue weighted by Crippen LogP contribution is 2.39. The molecule has 1 N–H and O–H groups in total. The predicted octanol–water partition coefficient (Wildman–Crippen LogP) is 5.00. The number of ether oxygens (including phenoxy) is 2. The highest BCUT2D eigenvalue weighted by Gasteiger charge is 2.27. The fourth-order valence-corrected chi connectivity index (χ4v) is 3.62. The van der Waals surface area contributed by atoms with E-state index in [4.69, 9.17) is 21.1 Å². The fraction of sp³-hybridized carbons (Fsp3) is 0.550. The van der Waals surface area contributed by atoms with Crippen LogP contribution in [-0.2, 0) is 11.3 Å². The Labute approximate surface area is 178 Å². The molecular formula is C20H25ClF2N4O3. The minimum absolute atomic E-state index is 0.000901. The van der Waals surface area contributed by atoms with Crippen LogP contribution in [0, 0.1) is 5.92 Å². The summed E-state index contributed by atoms with van der Waals surface area (Å²) < 4.78 is 37.4. The molecule has 0 aromatic carbocycles. The number of aryl methyl sites for hydroxylation is 1. The first-order valence-corrected chi connectivity index (χ1v) is 10.4. The molecule has 30 heavy (non-hydrogen) atoms. The number of nitrogens with zero attached hydrogens (tertiary/aromatic N) is 3. The minimum atomic E-state index is -3.04. The third-order valence-corrected chi connectivity index (χ3v) is 5.14. The maximum Gasteiger partial charge on any atom is 0.387 e. The van der Waals surface area contributed by atoms with E-state index in [1.165, 1.54) is 29.8 Å². The summed E-state index contributed by atoms with van der Waals surface area (Å²) >= 11 is 6.40. The Morgan fingerprint density at radius 1 is 1.40 bits per heavy atom. The zero-order valence-corrected chi connectivity index (χ0v) is 17.9. The molecule has 1 aliphatic carbocycles. The van der Waals surface area contributed by atoms with Crippen molar-refractivity contribution in [1.82, 2.24) is 14.8 Å². The molecule has 2 heterocycles. The Hall–Kier alpha value is -2.42. The zero-order valence-electron chi connectivity index (χ0n) is 17.1. The summed E-state index contributed by atoms with van der Waals surface area (Å²) in [7, 11) is 0. The summed E-state index contributed by atoms with van der Waals surface area (Å²) in [6.07, 6.45) is 4.83. The topological polar surface area (TPSA) is 78.3 Å². The van der Waals surface area contributed by atoms with Crippen molar-refractivity contribution in [1.29, 1.82) is 0 Å². The van der Waals surface area contributed by atoms with Gasteiger partial charge in [-0.05, 0) is 33.1 Å². The summed E-state index contributed by atoms with van der Waals surface area (Å²) in [4.78, 5) is 16.5. The number of esters is 1. The average Bonchev–Trinajstić information content (AvgIpc) is 3.42. The van der Waals surface area contributed by atoms with Crippen LogP contribution in [0.1, 0.15) is 50.5 Å². The summed E-state index contributed by atoms with van der Waals surface area (Å²) in [5.41, 5.74) is 0.396. The molecule has 2 aromatic rings. The SMILES string of the molecule is CCOC(=O)c1nn(CC)c(-c2cnc(NC(C)CC3CC3)cc2OC(F)F)c1Cl. The third-order valence-electron chi connectivity index (χ3n) is 4.78. The van der Waals surface area contributed by atoms with Crippen LogP contribution in [-0.4, -0.2) is 40.0 Å². The first kappa shape index (κ1) is 22.3. The Balaban J connectivity index is 1.98. The number of nitrogens with one attached hydrogen (secondary N) is 1. The molecule has 0 amide bonds. The van der Waals surface area contributed by atoms with Crippen molar-refractivity contribution in [3.05, 3.63) is 23.0 Å². The normalized spacial score (nSPS) is 14.6. The maximum atomic E-state index is 13.1. The first-order valence-electron chi connectivity index (χ1n) is 9.99. The van der Waals surface area contributed by atoms with Gasteiger partial charge in [0.05, 0.1) is 17.9 Å².